The summed E-state index contributed by atoms with van der Waals surface area (Å²) in [6.45, 7) is 6.52. The van der Waals surface area contributed by atoms with E-state index in [2.05, 4.69) is 4.98 Å². The first kappa shape index (κ1) is 14.7. The average molecular weight is 315 g/mol. The van der Waals surface area contributed by atoms with E-state index in [1.54, 1.807) is 0 Å². The number of aromatic nitrogens is 2. The molecule has 23 heavy (non-hydrogen) atoms. The highest BCUT2D eigenvalue weighted by Gasteiger charge is 2.41. The number of hydrogen-bond acceptors (Lipinski definition) is 4. The van der Waals surface area contributed by atoms with Gasteiger partial charge in [-0.25, -0.2) is 4.98 Å². The molecular formula is C17H21N3O3. The number of ether oxygens (including phenoxy) is 2. The molecule has 2 aliphatic rings. The number of carbonyl (C=O) groups is 1. The van der Waals surface area contributed by atoms with Gasteiger partial charge in [-0.05, 0) is 31.5 Å². The molecule has 2 saturated heterocycles. The summed E-state index contributed by atoms with van der Waals surface area (Å²) in [5.41, 5.74) is 3.39. The molecule has 0 radical (unpaired) electrons. The Labute approximate surface area is 135 Å². The van der Waals surface area contributed by atoms with Gasteiger partial charge in [0.25, 0.3) is 5.91 Å². The maximum atomic E-state index is 13.0. The lowest BCUT2D eigenvalue weighted by atomic mass is 10.0. The van der Waals surface area contributed by atoms with Gasteiger partial charge in [0.15, 0.2) is 5.79 Å². The van der Waals surface area contributed by atoms with Crippen molar-refractivity contribution in [3.05, 3.63) is 35.3 Å². The summed E-state index contributed by atoms with van der Waals surface area (Å²) in [5.74, 6) is -0.422. The highest BCUT2D eigenvalue weighted by atomic mass is 16.7. The molecule has 1 amide bonds. The van der Waals surface area contributed by atoms with Crippen LogP contribution in [0.15, 0.2) is 18.3 Å². The smallest absolute Gasteiger partial charge is 0.272 e. The van der Waals surface area contributed by atoms with Crippen LogP contribution in [0.2, 0.25) is 0 Å². The molecule has 0 aliphatic carbocycles. The fraction of sp³-hybridized carbons (Fsp3) is 0.529. The zero-order valence-corrected chi connectivity index (χ0v) is 13.5. The van der Waals surface area contributed by atoms with Gasteiger partial charge in [0.1, 0.15) is 11.3 Å². The number of pyridine rings is 1. The van der Waals surface area contributed by atoms with Gasteiger partial charge in [-0.1, -0.05) is 0 Å². The Morgan fingerprint density at radius 3 is 2.61 bits per heavy atom. The van der Waals surface area contributed by atoms with Gasteiger partial charge in [-0.2, -0.15) is 0 Å². The summed E-state index contributed by atoms with van der Waals surface area (Å²) >= 11 is 0. The lowest BCUT2D eigenvalue weighted by Crippen LogP contribution is -2.47. The minimum atomic E-state index is -0.456. The van der Waals surface area contributed by atoms with Crippen molar-refractivity contribution in [3.63, 3.8) is 0 Å². The van der Waals surface area contributed by atoms with Crippen molar-refractivity contribution < 1.29 is 14.3 Å². The molecule has 0 bridgehead atoms. The maximum Gasteiger partial charge on any atom is 0.272 e. The highest BCUT2D eigenvalue weighted by molar-refractivity contribution is 5.94. The van der Waals surface area contributed by atoms with Crippen LogP contribution in [0.4, 0.5) is 0 Å². The van der Waals surface area contributed by atoms with E-state index in [0.717, 1.165) is 29.7 Å². The van der Waals surface area contributed by atoms with E-state index in [1.807, 2.05) is 41.5 Å². The molecule has 2 aliphatic heterocycles. The summed E-state index contributed by atoms with van der Waals surface area (Å²) in [6, 6.07) is 3.99. The van der Waals surface area contributed by atoms with Crippen molar-refractivity contribution in [1.82, 2.24) is 14.3 Å². The van der Waals surface area contributed by atoms with Gasteiger partial charge < -0.3 is 14.4 Å². The zero-order valence-electron chi connectivity index (χ0n) is 13.5. The van der Waals surface area contributed by atoms with Crippen LogP contribution in [0.25, 0.3) is 5.65 Å². The Balaban J connectivity index is 1.59. The van der Waals surface area contributed by atoms with E-state index < -0.39 is 5.79 Å². The van der Waals surface area contributed by atoms with Crippen LogP contribution in [0, 0.1) is 13.8 Å². The molecule has 0 unspecified atom stereocenters. The van der Waals surface area contributed by atoms with E-state index in [-0.39, 0.29) is 5.91 Å². The van der Waals surface area contributed by atoms with Crippen LogP contribution >= 0.6 is 0 Å². The second-order valence-corrected chi connectivity index (χ2v) is 6.38. The van der Waals surface area contributed by atoms with E-state index in [1.165, 1.54) is 0 Å². The van der Waals surface area contributed by atoms with Gasteiger partial charge in [0.05, 0.1) is 18.9 Å². The van der Waals surface area contributed by atoms with Gasteiger partial charge in [-0.3, -0.25) is 9.20 Å². The molecular weight excluding hydrogens is 294 g/mol. The third-order valence-electron chi connectivity index (χ3n) is 4.78. The normalized spacial score (nSPS) is 20.5. The summed E-state index contributed by atoms with van der Waals surface area (Å²) < 4.78 is 13.3. The largest absolute Gasteiger partial charge is 0.347 e. The van der Waals surface area contributed by atoms with Crippen LogP contribution in [0.1, 0.15) is 34.6 Å². The van der Waals surface area contributed by atoms with Crippen LogP contribution in [-0.4, -0.2) is 52.3 Å². The third-order valence-corrected chi connectivity index (χ3v) is 4.78. The SMILES string of the molecule is Cc1ccn2c(C(=O)N3CCC4(CC3)OCCO4)c(C)nc2c1. The molecule has 1 spiro atoms. The molecule has 2 aromatic rings. The van der Waals surface area contributed by atoms with E-state index >= 15 is 0 Å². The maximum absolute atomic E-state index is 13.0. The Morgan fingerprint density at radius 1 is 1.22 bits per heavy atom. The number of imidazole rings is 1. The summed E-state index contributed by atoms with van der Waals surface area (Å²) in [4.78, 5) is 19.4. The fourth-order valence-electron chi connectivity index (χ4n) is 3.51. The van der Waals surface area contributed by atoms with Crippen molar-refractivity contribution in [2.24, 2.45) is 0 Å². The molecule has 4 heterocycles. The number of piperidine rings is 1. The molecule has 2 aromatic heterocycles. The molecule has 0 saturated carbocycles. The molecule has 0 N–H and O–H groups in total. The first-order chi connectivity index (χ1) is 11.1. The summed E-state index contributed by atoms with van der Waals surface area (Å²) in [6.07, 6.45) is 3.38. The Bertz CT molecular complexity index is 752. The Kier molecular flexibility index (Phi) is 3.39. The third kappa shape index (κ3) is 2.42. The average Bonchev–Trinajstić information content (AvgIpc) is 3.11. The molecule has 0 aromatic carbocycles. The number of fused-ring (bicyclic) bond motifs is 1. The van der Waals surface area contributed by atoms with E-state index in [9.17, 15) is 4.79 Å². The predicted molar refractivity (Wildman–Crippen MR) is 84.4 cm³/mol. The Morgan fingerprint density at radius 2 is 1.91 bits per heavy atom. The van der Waals surface area contributed by atoms with Gasteiger partial charge in [0, 0.05) is 32.1 Å². The van der Waals surface area contributed by atoms with E-state index in [4.69, 9.17) is 9.47 Å². The number of hydrogen-bond donors (Lipinski definition) is 0. The van der Waals surface area contributed by atoms with Crippen LogP contribution in [0.3, 0.4) is 0 Å². The first-order valence-corrected chi connectivity index (χ1v) is 8.10. The van der Waals surface area contributed by atoms with Crippen LogP contribution < -0.4 is 0 Å². The lowest BCUT2D eigenvalue weighted by Gasteiger charge is -2.37. The van der Waals surface area contributed by atoms with Crippen LogP contribution in [-0.2, 0) is 9.47 Å². The van der Waals surface area contributed by atoms with E-state index in [0.29, 0.717) is 32.0 Å². The minimum absolute atomic E-state index is 0.0340. The second-order valence-electron chi connectivity index (χ2n) is 6.38. The van der Waals surface area contributed by atoms with Crippen molar-refractivity contribution in [2.45, 2.75) is 32.5 Å². The predicted octanol–water partition coefficient (Wildman–Crippen LogP) is 1.93. The number of amides is 1. The molecule has 4 rings (SSSR count). The number of aryl methyl sites for hydroxylation is 2. The summed E-state index contributed by atoms with van der Waals surface area (Å²) in [7, 11) is 0. The standard InChI is InChI=1S/C17H21N3O3/c1-12-3-6-20-14(11-12)18-13(2)15(20)16(21)19-7-4-17(5-8-19)22-9-10-23-17/h3,6,11H,4-5,7-10H2,1-2H3. The van der Waals surface area contributed by atoms with Gasteiger partial charge in [-0.15, -0.1) is 0 Å². The summed E-state index contributed by atoms with van der Waals surface area (Å²) in [5, 5.41) is 0. The minimum Gasteiger partial charge on any atom is -0.347 e. The molecule has 6 heteroatoms. The topological polar surface area (TPSA) is 56.1 Å². The van der Waals surface area contributed by atoms with Crippen molar-refractivity contribution >= 4 is 11.6 Å². The lowest BCUT2D eigenvalue weighted by molar-refractivity contribution is -0.181. The second kappa shape index (κ2) is 5.32. The zero-order chi connectivity index (χ0) is 16.0. The van der Waals surface area contributed by atoms with Gasteiger partial charge >= 0.3 is 0 Å². The first-order valence-electron chi connectivity index (χ1n) is 8.10. The van der Waals surface area contributed by atoms with Gasteiger partial charge in [0.2, 0.25) is 0 Å². The molecule has 6 nitrogen and oxygen atoms in total. The molecule has 2 fully saturated rings. The van der Waals surface area contributed by atoms with Crippen LogP contribution in [0.5, 0.6) is 0 Å². The van der Waals surface area contributed by atoms with Crippen molar-refractivity contribution in [1.29, 1.82) is 0 Å². The fourth-order valence-corrected chi connectivity index (χ4v) is 3.51. The monoisotopic (exact) mass is 315 g/mol. The number of likely N-dealkylation sites (tertiary alicyclic amines) is 1. The Hall–Kier alpha value is -1.92. The van der Waals surface area contributed by atoms with Crippen molar-refractivity contribution in [3.8, 4) is 0 Å². The number of carbonyl (C=O) groups excluding carboxylic acids is 1. The molecule has 0 atom stereocenters. The van der Waals surface area contributed by atoms with Crippen molar-refractivity contribution in [2.75, 3.05) is 26.3 Å². The molecule has 122 valence electrons. The quantitative estimate of drug-likeness (QED) is 0.807. The number of rotatable bonds is 1. The highest BCUT2D eigenvalue weighted by Crippen LogP contribution is 2.32. The number of nitrogens with zero attached hydrogens (tertiary/aromatic N) is 3.